The van der Waals surface area contributed by atoms with Crippen LogP contribution in [0.25, 0.3) is 99.1 Å². The van der Waals surface area contributed by atoms with Crippen LogP contribution in [0.3, 0.4) is 0 Å². The molecule has 0 bridgehead atoms. The first-order valence-electron chi connectivity index (χ1n) is 26.1. The minimum atomic E-state index is -0.647. The van der Waals surface area contributed by atoms with Crippen molar-refractivity contribution in [3.8, 4) is 66.8 Å². The summed E-state index contributed by atoms with van der Waals surface area (Å²) >= 11 is 0. The van der Waals surface area contributed by atoms with Gasteiger partial charge in [0, 0.05) is 22.9 Å². The van der Waals surface area contributed by atoms with Crippen molar-refractivity contribution >= 4 is 32.3 Å². The monoisotopic (exact) mass is 922 g/mol. The van der Waals surface area contributed by atoms with E-state index in [0.29, 0.717) is 18.8 Å². The van der Waals surface area contributed by atoms with Crippen LogP contribution in [0.4, 0.5) is 0 Å². The largest absolute Gasteiger partial charge is 0.396 e. The summed E-state index contributed by atoms with van der Waals surface area (Å²) in [6.07, 6.45) is 3.36. The topological polar surface area (TPSA) is 40.5 Å². The van der Waals surface area contributed by atoms with E-state index < -0.39 is 5.41 Å². The van der Waals surface area contributed by atoms with Gasteiger partial charge in [-0.2, -0.15) is 0 Å². The molecule has 2 unspecified atom stereocenters. The first kappa shape index (κ1) is 44.1. The zero-order valence-corrected chi connectivity index (χ0v) is 42.2. The molecule has 3 aliphatic carbocycles. The summed E-state index contributed by atoms with van der Waals surface area (Å²) in [5, 5.41) is 30.0. The number of aryl methyl sites for hydroxylation is 1. The van der Waals surface area contributed by atoms with E-state index in [9.17, 15) is 10.2 Å². The Bertz CT molecular complexity index is 3830. The highest BCUT2D eigenvalue weighted by Gasteiger charge is 2.44. The minimum Gasteiger partial charge on any atom is -0.396 e. The van der Waals surface area contributed by atoms with Gasteiger partial charge in [-0.05, 0) is 207 Å². The number of rotatable bonds is 10. The Hall–Kier alpha value is -6.84. The maximum Gasteiger partial charge on any atom is 0.0569 e. The Kier molecular flexibility index (Phi) is 9.84. The van der Waals surface area contributed by atoms with E-state index in [4.69, 9.17) is 0 Å². The molecule has 0 fully saturated rings. The normalized spacial score (nSPS) is 18.1. The second-order valence-electron chi connectivity index (χ2n) is 22.6. The zero-order chi connectivity index (χ0) is 48.7. The fourth-order valence-corrected chi connectivity index (χ4v) is 13.9. The summed E-state index contributed by atoms with van der Waals surface area (Å²) < 4.78 is 0. The number of aliphatic hydroxyl groups excluding tert-OH is 2. The summed E-state index contributed by atoms with van der Waals surface area (Å²) in [5.41, 5.74) is 24.4. The van der Waals surface area contributed by atoms with Crippen molar-refractivity contribution in [2.45, 2.75) is 90.4 Å². The summed E-state index contributed by atoms with van der Waals surface area (Å²) in [6, 6.07) is 60.7. The molecule has 10 aromatic carbocycles. The Morgan fingerprint density at radius 1 is 0.451 bits per heavy atom. The predicted molar refractivity (Wildman–Crippen MR) is 299 cm³/mol. The van der Waals surface area contributed by atoms with E-state index in [1.54, 1.807) is 0 Å². The lowest BCUT2D eigenvalue weighted by atomic mass is 9.74. The average Bonchev–Trinajstić information content (AvgIpc) is 3.90. The van der Waals surface area contributed by atoms with Gasteiger partial charge in [-0.3, -0.25) is 0 Å². The molecule has 0 aliphatic heterocycles. The number of fused-ring (bicyclic) bond motifs is 9. The molecule has 0 aromatic heterocycles. The summed E-state index contributed by atoms with van der Waals surface area (Å²) in [7, 11) is 0. The number of hydrogen-bond acceptors (Lipinski definition) is 2. The smallest absolute Gasteiger partial charge is 0.0569 e. The van der Waals surface area contributed by atoms with Crippen molar-refractivity contribution in [3.05, 3.63) is 202 Å². The van der Waals surface area contributed by atoms with Crippen LogP contribution < -0.4 is 0 Å². The lowest BCUT2D eigenvalue weighted by molar-refractivity contribution is 0.197. The number of benzene rings is 10. The molecule has 350 valence electrons. The molecule has 3 aliphatic rings. The van der Waals surface area contributed by atoms with Crippen LogP contribution in [0.1, 0.15) is 105 Å². The molecule has 0 heterocycles. The second kappa shape index (κ2) is 15.8. The van der Waals surface area contributed by atoms with Crippen LogP contribution in [-0.2, 0) is 22.7 Å². The van der Waals surface area contributed by atoms with Crippen molar-refractivity contribution in [1.82, 2.24) is 0 Å². The first-order chi connectivity index (χ1) is 34.3. The Balaban J connectivity index is 0.855. The highest BCUT2D eigenvalue weighted by molar-refractivity contribution is 6.25. The second-order valence-corrected chi connectivity index (χ2v) is 22.6. The van der Waals surface area contributed by atoms with Crippen LogP contribution in [0, 0.1) is 12.8 Å². The molecule has 0 spiro atoms. The molecule has 10 aromatic rings. The maximum atomic E-state index is 11.7. The van der Waals surface area contributed by atoms with Crippen molar-refractivity contribution in [3.63, 3.8) is 0 Å². The van der Waals surface area contributed by atoms with Gasteiger partial charge in [-0.1, -0.05) is 174 Å². The van der Waals surface area contributed by atoms with Crippen LogP contribution in [0.15, 0.2) is 158 Å². The van der Waals surface area contributed by atoms with Gasteiger partial charge >= 0.3 is 0 Å². The van der Waals surface area contributed by atoms with Gasteiger partial charge in [0.2, 0.25) is 0 Å². The Labute approximate surface area is 419 Å². The van der Waals surface area contributed by atoms with Crippen LogP contribution in [-0.4, -0.2) is 23.4 Å². The van der Waals surface area contributed by atoms with Gasteiger partial charge in [-0.25, -0.2) is 0 Å². The third-order valence-electron chi connectivity index (χ3n) is 17.7. The Morgan fingerprint density at radius 2 is 0.901 bits per heavy atom. The van der Waals surface area contributed by atoms with Gasteiger partial charge in [-0.15, -0.1) is 0 Å². The number of aliphatic hydroxyl groups is 2. The SMILES string of the molecule is CCC1(C)c2cc(C)ccc2-c2ccc(-c3ccc4c(c3)C(CO)(CCCO)c3cc(-c5ccc6c(c5)C(C)(C)c5cc(-c7ccc8ccc9cc(CC(C)C)cc%10ccc7c8c9%10)ccc5-6)ccc3-4)cc21. The zero-order valence-electron chi connectivity index (χ0n) is 42.2. The summed E-state index contributed by atoms with van der Waals surface area (Å²) in [6.45, 7) is 16.3. The van der Waals surface area contributed by atoms with E-state index in [2.05, 4.69) is 206 Å². The fourth-order valence-electron chi connectivity index (χ4n) is 13.9. The van der Waals surface area contributed by atoms with E-state index >= 15 is 0 Å². The molecule has 2 nitrogen and oxygen atoms in total. The van der Waals surface area contributed by atoms with Crippen molar-refractivity contribution in [2.75, 3.05) is 13.2 Å². The first-order valence-corrected chi connectivity index (χ1v) is 26.1. The molecule has 0 saturated carbocycles. The molecule has 2 atom stereocenters. The third-order valence-corrected chi connectivity index (χ3v) is 17.7. The highest BCUT2D eigenvalue weighted by Crippen LogP contribution is 2.56. The van der Waals surface area contributed by atoms with Crippen LogP contribution in [0.5, 0.6) is 0 Å². The molecule has 0 amide bonds. The van der Waals surface area contributed by atoms with Crippen molar-refractivity contribution < 1.29 is 10.2 Å². The lowest BCUT2D eigenvalue weighted by Crippen LogP contribution is -2.30. The molecule has 0 saturated heterocycles. The van der Waals surface area contributed by atoms with Gasteiger partial charge in [0.1, 0.15) is 0 Å². The molecule has 0 radical (unpaired) electrons. The van der Waals surface area contributed by atoms with E-state index in [0.717, 1.165) is 35.1 Å². The standard InChI is InChI=1S/C69H62O2/c1-8-68(7)61-31-41(4)10-20-54(61)55-23-15-45(35-62(55)68)47-17-25-57-56-24-16-46(36-63(56)69(39-71,28-9-29-70)64(57)37-47)44-14-22-52-53-26-18-48(38-60(53)67(5,6)59(52)34-44)51-21-13-43-11-12-49-32-42(30-40(2)3)33-50-19-27-58(51)66(43)65(49)50/h10-27,31-38,40,70-71H,8-9,28-30,39H2,1-7H3. The van der Waals surface area contributed by atoms with Crippen molar-refractivity contribution in [1.29, 1.82) is 0 Å². The quantitative estimate of drug-likeness (QED) is 0.134. The molecule has 2 heteroatoms. The molecule has 2 N–H and O–H groups in total. The highest BCUT2D eigenvalue weighted by atomic mass is 16.3. The van der Waals surface area contributed by atoms with Gasteiger partial charge in [0.25, 0.3) is 0 Å². The average molecular weight is 923 g/mol. The van der Waals surface area contributed by atoms with Gasteiger partial charge < -0.3 is 10.2 Å². The summed E-state index contributed by atoms with van der Waals surface area (Å²) in [4.78, 5) is 0. The minimum absolute atomic E-state index is 0.0349. The van der Waals surface area contributed by atoms with E-state index in [1.807, 2.05) is 0 Å². The lowest BCUT2D eigenvalue weighted by Gasteiger charge is -2.31. The molecule has 71 heavy (non-hydrogen) atoms. The fraction of sp³-hybridized carbons (Fsp3) is 0.246. The third kappa shape index (κ3) is 6.33. The molecular formula is C69H62O2. The van der Waals surface area contributed by atoms with Crippen LogP contribution in [0.2, 0.25) is 0 Å². The van der Waals surface area contributed by atoms with Crippen molar-refractivity contribution in [2.24, 2.45) is 5.92 Å². The number of hydrogen-bond donors (Lipinski definition) is 2. The van der Waals surface area contributed by atoms with Gasteiger partial charge in [0.05, 0.1) is 6.61 Å². The molecular weight excluding hydrogens is 861 g/mol. The predicted octanol–water partition coefficient (Wildman–Crippen LogP) is 17.1. The van der Waals surface area contributed by atoms with E-state index in [1.165, 1.54) is 121 Å². The van der Waals surface area contributed by atoms with E-state index in [-0.39, 0.29) is 24.0 Å². The van der Waals surface area contributed by atoms with Gasteiger partial charge in [0.15, 0.2) is 0 Å². The van der Waals surface area contributed by atoms with Crippen LogP contribution >= 0.6 is 0 Å². The molecule has 13 rings (SSSR count). The Morgan fingerprint density at radius 3 is 1.46 bits per heavy atom. The maximum absolute atomic E-state index is 11.7. The summed E-state index contributed by atoms with van der Waals surface area (Å²) in [5.74, 6) is 0.614.